The van der Waals surface area contributed by atoms with Crippen LogP contribution in [0.1, 0.15) is 38.6 Å². The van der Waals surface area contributed by atoms with E-state index in [-0.39, 0.29) is 6.61 Å². The molecule has 2 heterocycles. The molecule has 0 spiro atoms. The molecule has 1 saturated carbocycles. The van der Waals surface area contributed by atoms with Crippen molar-refractivity contribution in [2.24, 2.45) is 11.8 Å². The van der Waals surface area contributed by atoms with Gasteiger partial charge in [0.15, 0.2) is 10.6 Å². The first-order chi connectivity index (χ1) is 9.10. The first kappa shape index (κ1) is 13.3. The summed E-state index contributed by atoms with van der Waals surface area (Å²) >= 11 is 5.51. The molecule has 5 nitrogen and oxygen atoms in total. The Kier molecular flexibility index (Phi) is 3.49. The van der Waals surface area contributed by atoms with Crippen LogP contribution in [0.25, 0.3) is 0 Å². The fourth-order valence-corrected chi connectivity index (χ4v) is 3.27. The van der Waals surface area contributed by atoms with Crippen molar-refractivity contribution >= 4 is 12.2 Å². The van der Waals surface area contributed by atoms with Gasteiger partial charge in [-0.3, -0.25) is 9.47 Å². The number of aromatic nitrogens is 3. The molecule has 1 N–H and O–H groups in total. The third-order valence-corrected chi connectivity index (χ3v) is 4.80. The van der Waals surface area contributed by atoms with Crippen LogP contribution in [0.15, 0.2) is 0 Å². The van der Waals surface area contributed by atoms with Crippen LogP contribution in [-0.2, 0) is 13.3 Å². The Morgan fingerprint density at radius 3 is 2.42 bits per heavy atom. The molecular weight excluding hydrogens is 260 g/mol. The molecule has 2 aliphatic rings. The molecule has 2 unspecified atom stereocenters. The van der Waals surface area contributed by atoms with Gasteiger partial charge in [0.25, 0.3) is 0 Å². The number of likely N-dealkylation sites (tertiary alicyclic amines) is 1. The molecule has 19 heavy (non-hydrogen) atoms. The summed E-state index contributed by atoms with van der Waals surface area (Å²) in [5.41, 5.74) is 0. The number of aliphatic hydroxyl groups excluding tert-OH is 1. The van der Waals surface area contributed by atoms with Crippen LogP contribution in [0.3, 0.4) is 0 Å². The maximum Gasteiger partial charge on any atom is 0.199 e. The lowest BCUT2D eigenvalue weighted by molar-refractivity contribution is 0.237. The summed E-state index contributed by atoms with van der Waals surface area (Å²) in [6.07, 6.45) is 2.32. The number of hydrogen-bond donors (Lipinski definition) is 1. The average molecular weight is 282 g/mol. The maximum atomic E-state index is 9.42. The first-order valence-corrected chi connectivity index (χ1v) is 7.52. The smallest absolute Gasteiger partial charge is 0.199 e. The summed E-state index contributed by atoms with van der Waals surface area (Å²) in [6.45, 7) is 7.53. The zero-order chi connectivity index (χ0) is 13.6. The predicted octanol–water partition coefficient (Wildman–Crippen LogP) is 1.79. The summed E-state index contributed by atoms with van der Waals surface area (Å²) in [5, 5.41) is 13.9. The van der Waals surface area contributed by atoms with Gasteiger partial charge in [-0.1, -0.05) is 13.8 Å². The third-order valence-electron chi connectivity index (χ3n) is 4.39. The molecule has 1 saturated heterocycles. The van der Waals surface area contributed by atoms with E-state index in [1.54, 1.807) is 0 Å². The van der Waals surface area contributed by atoms with Crippen molar-refractivity contribution in [2.75, 3.05) is 13.1 Å². The molecule has 1 aliphatic carbocycles. The molecule has 2 fully saturated rings. The Bertz CT molecular complexity index is 509. The molecule has 0 bridgehead atoms. The summed E-state index contributed by atoms with van der Waals surface area (Å²) in [6, 6.07) is 0.472. The second kappa shape index (κ2) is 5.00. The molecule has 1 aliphatic heterocycles. The number of hydrogen-bond acceptors (Lipinski definition) is 4. The van der Waals surface area contributed by atoms with Gasteiger partial charge in [-0.2, -0.15) is 5.10 Å². The average Bonchev–Trinajstić information content (AvgIpc) is 3.09. The predicted molar refractivity (Wildman–Crippen MR) is 75.1 cm³/mol. The minimum absolute atomic E-state index is 0.0278. The van der Waals surface area contributed by atoms with Crippen molar-refractivity contribution in [1.29, 1.82) is 0 Å². The van der Waals surface area contributed by atoms with Gasteiger partial charge in [0, 0.05) is 19.1 Å². The van der Waals surface area contributed by atoms with Gasteiger partial charge in [0.05, 0.1) is 6.67 Å². The largest absolute Gasteiger partial charge is 0.388 e. The molecule has 0 amide bonds. The Morgan fingerprint density at radius 2 is 1.89 bits per heavy atom. The van der Waals surface area contributed by atoms with Gasteiger partial charge in [-0.15, -0.1) is 0 Å². The summed E-state index contributed by atoms with van der Waals surface area (Å²) in [5.74, 6) is 2.18. The highest BCUT2D eigenvalue weighted by atomic mass is 32.1. The lowest BCUT2D eigenvalue weighted by Crippen LogP contribution is -2.25. The van der Waals surface area contributed by atoms with Gasteiger partial charge in [-0.05, 0) is 36.9 Å². The zero-order valence-corrected chi connectivity index (χ0v) is 12.4. The van der Waals surface area contributed by atoms with Crippen LogP contribution in [0, 0.1) is 16.6 Å². The van der Waals surface area contributed by atoms with Crippen LogP contribution in [0.2, 0.25) is 0 Å². The van der Waals surface area contributed by atoms with E-state index in [9.17, 15) is 5.11 Å². The molecule has 6 heteroatoms. The lowest BCUT2D eigenvalue weighted by atomic mass is 10.0. The maximum absolute atomic E-state index is 9.42. The highest BCUT2D eigenvalue weighted by molar-refractivity contribution is 7.71. The Morgan fingerprint density at radius 1 is 1.26 bits per heavy atom. The van der Waals surface area contributed by atoms with E-state index in [1.807, 2.05) is 9.25 Å². The van der Waals surface area contributed by atoms with E-state index in [0.29, 0.717) is 11.9 Å². The molecule has 1 aromatic rings. The topological polar surface area (TPSA) is 46.2 Å². The van der Waals surface area contributed by atoms with E-state index in [1.165, 1.54) is 0 Å². The highest BCUT2D eigenvalue weighted by Crippen LogP contribution is 2.36. The van der Waals surface area contributed by atoms with E-state index in [4.69, 9.17) is 12.2 Å². The Balaban J connectivity index is 1.80. The van der Waals surface area contributed by atoms with Gasteiger partial charge in [0.1, 0.15) is 6.61 Å². The molecule has 3 rings (SSSR count). The first-order valence-electron chi connectivity index (χ1n) is 7.11. The normalized spacial score (nSPS) is 28.2. The van der Waals surface area contributed by atoms with E-state index >= 15 is 0 Å². The second-order valence-electron chi connectivity index (χ2n) is 6.09. The monoisotopic (exact) mass is 282 g/mol. The van der Waals surface area contributed by atoms with Crippen LogP contribution in [-0.4, -0.2) is 37.4 Å². The van der Waals surface area contributed by atoms with E-state index < -0.39 is 0 Å². The minimum atomic E-state index is -0.0278. The van der Waals surface area contributed by atoms with Gasteiger partial charge in [0.2, 0.25) is 0 Å². The van der Waals surface area contributed by atoms with Crippen molar-refractivity contribution in [1.82, 2.24) is 19.2 Å². The number of rotatable bonds is 4. The highest BCUT2D eigenvalue weighted by Gasteiger charge is 2.30. The quantitative estimate of drug-likeness (QED) is 0.855. The molecule has 106 valence electrons. The van der Waals surface area contributed by atoms with E-state index in [2.05, 4.69) is 23.8 Å². The van der Waals surface area contributed by atoms with Crippen molar-refractivity contribution < 1.29 is 5.11 Å². The van der Waals surface area contributed by atoms with Crippen LogP contribution >= 0.6 is 12.2 Å². The molecule has 1 aromatic heterocycles. The van der Waals surface area contributed by atoms with Gasteiger partial charge >= 0.3 is 0 Å². The Hall–Kier alpha value is -0.720. The van der Waals surface area contributed by atoms with Crippen LogP contribution < -0.4 is 0 Å². The standard InChI is InChI=1S/C13H22N4OS/c1-9-5-15(6-10(9)2)8-16-13(19)17(11-3-4-11)12(7-18)14-16/h9-11,18H,3-8H2,1-2H3. The molecular formula is C13H22N4OS. The molecule has 0 aromatic carbocycles. The number of nitrogens with zero attached hydrogens (tertiary/aromatic N) is 4. The lowest BCUT2D eigenvalue weighted by Gasteiger charge is -2.14. The van der Waals surface area contributed by atoms with Crippen molar-refractivity contribution in [3.05, 3.63) is 10.6 Å². The zero-order valence-electron chi connectivity index (χ0n) is 11.6. The number of aliphatic hydroxyl groups is 1. The SMILES string of the molecule is CC1CN(Cn2nc(CO)n(C3CC3)c2=S)CC1C. The van der Waals surface area contributed by atoms with Crippen molar-refractivity contribution in [3.8, 4) is 0 Å². The van der Waals surface area contributed by atoms with Gasteiger partial charge < -0.3 is 5.11 Å². The van der Waals surface area contributed by atoms with Crippen LogP contribution in [0.4, 0.5) is 0 Å². The third kappa shape index (κ3) is 2.49. The summed E-state index contributed by atoms with van der Waals surface area (Å²) in [4.78, 5) is 2.40. The Labute approximate surface area is 118 Å². The van der Waals surface area contributed by atoms with Crippen LogP contribution in [0.5, 0.6) is 0 Å². The second-order valence-corrected chi connectivity index (χ2v) is 6.45. The fraction of sp³-hybridized carbons (Fsp3) is 0.846. The van der Waals surface area contributed by atoms with Crippen molar-refractivity contribution in [2.45, 2.75) is 46.0 Å². The summed E-state index contributed by atoms with van der Waals surface area (Å²) < 4.78 is 4.68. The van der Waals surface area contributed by atoms with E-state index in [0.717, 1.165) is 49.2 Å². The minimum Gasteiger partial charge on any atom is -0.388 e. The van der Waals surface area contributed by atoms with Gasteiger partial charge in [-0.25, -0.2) is 4.68 Å². The van der Waals surface area contributed by atoms with Crippen molar-refractivity contribution in [3.63, 3.8) is 0 Å². The fourth-order valence-electron chi connectivity index (χ4n) is 2.92. The summed E-state index contributed by atoms with van der Waals surface area (Å²) in [7, 11) is 0. The molecule has 0 radical (unpaired) electrons. The molecule has 2 atom stereocenters.